The van der Waals surface area contributed by atoms with E-state index < -0.39 is 0 Å². The van der Waals surface area contributed by atoms with E-state index >= 15 is 0 Å². The van der Waals surface area contributed by atoms with Gasteiger partial charge in [-0.15, -0.1) is 0 Å². The maximum atomic E-state index is 11.5. The van der Waals surface area contributed by atoms with Crippen LogP contribution < -0.4 is 11.1 Å². The third-order valence-electron chi connectivity index (χ3n) is 2.94. The summed E-state index contributed by atoms with van der Waals surface area (Å²) >= 11 is 7.10. The van der Waals surface area contributed by atoms with E-state index in [0.29, 0.717) is 5.69 Å². The molecule has 0 spiro atoms. The summed E-state index contributed by atoms with van der Waals surface area (Å²) in [5.74, 6) is 0.431. The van der Waals surface area contributed by atoms with Crippen molar-refractivity contribution in [3.8, 4) is 0 Å². The molecule has 0 saturated heterocycles. The highest BCUT2D eigenvalue weighted by Crippen LogP contribution is 2.46. The first-order chi connectivity index (χ1) is 8.68. The van der Waals surface area contributed by atoms with Crippen LogP contribution >= 0.6 is 31.9 Å². The number of amides is 1. The first-order valence-electron chi connectivity index (χ1n) is 6.26. The second kappa shape index (κ2) is 6.27. The number of carbonyl (C=O) groups is 1. The average Bonchev–Trinajstić information content (AvgIpc) is 2.24. The number of benzene rings is 1. The van der Waals surface area contributed by atoms with Crippen LogP contribution in [0, 0.1) is 0 Å². The molecule has 0 aromatic heterocycles. The normalized spacial score (nSPS) is 11.2. The Labute approximate surface area is 131 Å². The molecule has 0 saturated carbocycles. The molecule has 0 atom stereocenters. The van der Waals surface area contributed by atoms with Crippen LogP contribution in [-0.2, 0) is 4.79 Å². The molecule has 0 aliphatic carbocycles. The summed E-state index contributed by atoms with van der Waals surface area (Å²) in [7, 11) is 0. The van der Waals surface area contributed by atoms with Crippen LogP contribution in [0.5, 0.6) is 0 Å². The van der Waals surface area contributed by atoms with Crippen molar-refractivity contribution in [2.24, 2.45) is 0 Å². The average molecular weight is 392 g/mol. The topological polar surface area (TPSA) is 55.1 Å². The highest BCUT2D eigenvalue weighted by atomic mass is 79.9. The van der Waals surface area contributed by atoms with Crippen molar-refractivity contribution in [2.45, 2.75) is 46.5 Å². The number of nitrogen functional groups attached to an aromatic ring is 1. The number of anilines is 2. The maximum absolute atomic E-state index is 11.5. The Hall–Kier alpha value is -0.550. The van der Waals surface area contributed by atoms with Crippen LogP contribution in [0.15, 0.2) is 8.95 Å². The minimum absolute atomic E-state index is 0.0765. The van der Waals surface area contributed by atoms with Crippen LogP contribution in [0.4, 0.5) is 11.4 Å². The Kier molecular flexibility index (Phi) is 5.44. The van der Waals surface area contributed by atoms with Gasteiger partial charge in [0.2, 0.25) is 5.91 Å². The summed E-state index contributed by atoms with van der Waals surface area (Å²) in [6, 6.07) is 0. The molecule has 1 aromatic rings. The summed E-state index contributed by atoms with van der Waals surface area (Å²) in [6.07, 6.45) is 0. The fraction of sp³-hybridized carbons (Fsp3) is 0.500. The van der Waals surface area contributed by atoms with Crippen molar-refractivity contribution in [3.63, 3.8) is 0 Å². The summed E-state index contributed by atoms with van der Waals surface area (Å²) in [4.78, 5) is 11.5. The summed E-state index contributed by atoms with van der Waals surface area (Å²) in [6.45, 7) is 9.86. The number of nitrogens with two attached hydrogens (primary N) is 1. The number of hydrogen-bond acceptors (Lipinski definition) is 2. The van der Waals surface area contributed by atoms with Gasteiger partial charge in [-0.1, -0.05) is 27.7 Å². The van der Waals surface area contributed by atoms with E-state index in [9.17, 15) is 4.79 Å². The molecule has 19 heavy (non-hydrogen) atoms. The molecule has 0 fully saturated rings. The monoisotopic (exact) mass is 390 g/mol. The van der Waals surface area contributed by atoms with Gasteiger partial charge < -0.3 is 11.1 Å². The lowest BCUT2D eigenvalue weighted by Crippen LogP contribution is -2.14. The highest BCUT2D eigenvalue weighted by Gasteiger charge is 2.24. The van der Waals surface area contributed by atoms with Gasteiger partial charge in [-0.05, 0) is 54.8 Å². The SMILES string of the molecule is CC(=O)Nc1c(C(C)C)c(Br)c(N)c(Br)c1C(C)C. The van der Waals surface area contributed by atoms with Gasteiger partial charge in [-0.3, -0.25) is 4.79 Å². The third-order valence-corrected chi connectivity index (χ3v) is 4.65. The van der Waals surface area contributed by atoms with Gasteiger partial charge in [-0.2, -0.15) is 0 Å². The lowest BCUT2D eigenvalue weighted by molar-refractivity contribution is -0.114. The Bertz CT molecular complexity index is 476. The predicted molar refractivity (Wildman–Crippen MR) is 88.7 cm³/mol. The lowest BCUT2D eigenvalue weighted by Gasteiger charge is -2.24. The first-order valence-corrected chi connectivity index (χ1v) is 7.84. The van der Waals surface area contributed by atoms with Gasteiger partial charge in [0, 0.05) is 15.9 Å². The van der Waals surface area contributed by atoms with Crippen molar-refractivity contribution < 1.29 is 4.79 Å². The molecule has 0 unspecified atom stereocenters. The minimum atomic E-state index is -0.0765. The fourth-order valence-electron chi connectivity index (χ4n) is 2.15. The third kappa shape index (κ3) is 3.31. The molecule has 106 valence electrons. The quantitative estimate of drug-likeness (QED) is 0.712. The van der Waals surface area contributed by atoms with E-state index in [0.717, 1.165) is 25.8 Å². The zero-order valence-corrected chi connectivity index (χ0v) is 15.1. The summed E-state index contributed by atoms with van der Waals surface area (Å²) in [5, 5.41) is 2.96. The predicted octanol–water partition coefficient (Wildman–Crippen LogP) is 5.00. The molecule has 0 heterocycles. The molecule has 3 N–H and O–H groups in total. The Balaban J connectivity index is 3.74. The van der Waals surface area contributed by atoms with E-state index in [1.807, 2.05) is 0 Å². The molecule has 1 amide bonds. The van der Waals surface area contributed by atoms with Crippen molar-refractivity contribution in [1.29, 1.82) is 0 Å². The molecule has 0 aliphatic heterocycles. The molecule has 3 nitrogen and oxygen atoms in total. The van der Waals surface area contributed by atoms with Crippen LogP contribution in [-0.4, -0.2) is 5.91 Å². The van der Waals surface area contributed by atoms with Gasteiger partial charge in [-0.25, -0.2) is 0 Å². The van der Waals surface area contributed by atoms with Crippen molar-refractivity contribution in [1.82, 2.24) is 0 Å². The number of rotatable bonds is 3. The number of carbonyl (C=O) groups excluding carboxylic acids is 1. The highest BCUT2D eigenvalue weighted by molar-refractivity contribution is 9.11. The molecular formula is C14H20Br2N2O. The lowest BCUT2D eigenvalue weighted by atomic mass is 9.91. The molecule has 1 rings (SSSR count). The maximum Gasteiger partial charge on any atom is 0.221 e. The molecule has 5 heteroatoms. The number of nitrogens with one attached hydrogen (secondary N) is 1. The van der Waals surface area contributed by atoms with Gasteiger partial charge >= 0.3 is 0 Å². The molecular weight excluding hydrogens is 372 g/mol. The number of hydrogen-bond donors (Lipinski definition) is 2. The van der Waals surface area contributed by atoms with E-state index in [2.05, 4.69) is 64.9 Å². The van der Waals surface area contributed by atoms with Gasteiger partial charge in [0.05, 0.1) is 11.4 Å². The molecule has 0 bridgehead atoms. The van der Waals surface area contributed by atoms with E-state index in [-0.39, 0.29) is 17.7 Å². The van der Waals surface area contributed by atoms with Gasteiger partial charge in [0.25, 0.3) is 0 Å². The standard InChI is InChI=1S/C14H20Br2N2O/c1-6(2)9-11(15)13(17)12(16)10(7(3)4)14(9)18-8(5)19/h6-7H,17H2,1-5H3,(H,18,19). The molecule has 0 aliphatic rings. The number of halogens is 2. The zero-order chi connectivity index (χ0) is 14.9. The van der Waals surface area contributed by atoms with Crippen molar-refractivity contribution in [2.75, 3.05) is 11.1 Å². The summed E-state index contributed by atoms with van der Waals surface area (Å²) in [5.41, 5.74) is 9.78. The zero-order valence-electron chi connectivity index (χ0n) is 11.9. The van der Waals surface area contributed by atoms with E-state index in [1.165, 1.54) is 6.92 Å². The summed E-state index contributed by atoms with van der Waals surface area (Å²) < 4.78 is 1.70. The molecule has 1 aromatic carbocycles. The Morgan fingerprint density at radius 2 is 1.42 bits per heavy atom. The second-order valence-electron chi connectivity index (χ2n) is 5.23. The van der Waals surface area contributed by atoms with Crippen LogP contribution in [0.3, 0.4) is 0 Å². The van der Waals surface area contributed by atoms with Crippen LogP contribution in [0.25, 0.3) is 0 Å². The smallest absolute Gasteiger partial charge is 0.221 e. The molecule has 0 radical (unpaired) electrons. The van der Waals surface area contributed by atoms with E-state index in [4.69, 9.17) is 5.73 Å². The van der Waals surface area contributed by atoms with Gasteiger partial charge in [0.1, 0.15) is 0 Å². The first kappa shape index (κ1) is 16.5. The van der Waals surface area contributed by atoms with Gasteiger partial charge in [0.15, 0.2) is 0 Å². The largest absolute Gasteiger partial charge is 0.397 e. The Morgan fingerprint density at radius 3 is 1.68 bits per heavy atom. The van der Waals surface area contributed by atoms with Crippen LogP contribution in [0.1, 0.15) is 57.6 Å². The second-order valence-corrected chi connectivity index (χ2v) is 6.82. The van der Waals surface area contributed by atoms with Crippen molar-refractivity contribution in [3.05, 3.63) is 20.1 Å². The van der Waals surface area contributed by atoms with Crippen molar-refractivity contribution >= 4 is 49.1 Å². The van der Waals surface area contributed by atoms with E-state index in [1.54, 1.807) is 0 Å². The fourth-order valence-corrected chi connectivity index (χ4v) is 4.12. The van der Waals surface area contributed by atoms with Crippen LogP contribution in [0.2, 0.25) is 0 Å². The minimum Gasteiger partial charge on any atom is -0.397 e. The Morgan fingerprint density at radius 1 is 1.05 bits per heavy atom.